The summed E-state index contributed by atoms with van der Waals surface area (Å²) in [4.78, 5) is 40.0. The van der Waals surface area contributed by atoms with Crippen molar-refractivity contribution in [2.24, 2.45) is 5.10 Å². The maximum Gasteiger partial charge on any atom is 0.416 e. The fourth-order valence-electron chi connectivity index (χ4n) is 3.60. The Bertz CT molecular complexity index is 1650. The van der Waals surface area contributed by atoms with E-state index in [4.69, 9.17) is 9.47 Å². The number of hydrogen-bond donors (Lipinski definition) is 0. The number of nitro benzene ring substituents is 1. The minimum Gasteiger partial charge on any atom is -0.475 e. The van der Waals surface area contributed by atoms with Crippen LogP contribution >= 0.6 is 0 Å². The van der Waals surface area contributed by atoms with E-state index in [1.165, 1.54) is 30.3 Å². The first kappa shape index (κ1) is 27.0. The van der Waals surface area contributed by atoms with Gasteiger partial charge in [0.15, 0.2) is 18.2 Å². The van der Waals surface area contributed by atoms with Gasteiger partial charge in [0, 0.05) is 17.2 Å². The van der Waals surface area contributed by atoms with Crippen LogP contribution in [0.4, 0.5) is 18.9 Å². The highest BCUT2D eigenvalue weighted by molar-refractivity contribution is 5.83. The Labute approximate surface area is 218 Å². The highest BCUT2D eigenvalue weighted by Gasteiger charge is 2.31. The van der Waals surface area contributed by atoms with Crippen molar-refractivity contribution in [3.63, 3.8) is 0 Å². The lowest BCUT2D eigenvalue weighted by Crippen LogP contribution is -2.20. The molecule has 4 aromatic rings. The molecule has 0 aliphatic heterocycles. The minimum atomic E-state index is -4.63. The van der Waals surface area contributed by atoms with E-state index in [2.05, 4.69) is 10.1 Å². The normalized spacial score (nSPS) is 11.6. The molecule has 0 unspecified atom stereocenters. The van der Waals surface area contributed by atoms with Crippen molar-refractivity contribution in [2.75, 3.05) is 13.2 Å². The third-order valence-electron chi connectivity index (χ3n) is 5.35. The molecule has 0 N–H and O–H groups in total. The fourth-order valence-corrected chi connectivity index (χ4v) is 3.60. The predicted molar refractivity (Wildman–Crippen MR) is 135 cm³/mol. The maximum absolute atomic E-state index is 13.3. The van der Waals surface area contributed by atoms with E-state index in [9.17, 15) is 32.9 Å². The number of nitrogens with zero attached hydrogens (tertiary/aromatic N) is 4. The van der Waals surface area contributed by atoms with E-state index in [1.54, 1.807) is 25.1 Å². The van der Waals surface area contributed by atoms with Crippen LogP contribution < -0.4 is 10.3 Å². The van der Waals surface area contributed by atoms with E-state index in [0.717, 1.165) is 29.1 Å². The van der Waals surface area contributed by atoms with Crippen LogP contribution in [0.2, 0.25) is 0 Å². The Hall–Kier alpha value is -5.07. The molecule has 0 saturated heterocycles. The summed E-state index contributed by atoms with van der Waals surface area (Å²) in [6.07, 6.45) is -3.51. The largest absolute Gasteiger partial charge is 0.475 e. The van der Waals surface area contributed by atoms with Crippen LogP contribution in [-0.4, -0.2) is 40.0 Å². The van der Waals surface area contributed by atoms with Crippen LogP contribution in [0.25, 0.3) is 22.3 Å². The van der Waals surface area contributed by atoms with Gasteiger partial charge in [-0.05, 0) is 43.3 Å². The lowest BCUT2D eigenvalue weighted by Gasteiger charge is -2.12. The van der Waals surface area contributed by atoms with E-state index < -0.39 is 40.5 Å². The molecule has 1 aromatic heterocycles. The Morgan fingerprint density at radius 3 is 2.62 bits per heavy atom. The van der Waals surface area contributed by atoms with Crippen LogP contribution in [0, 0.1) is 10.1 Å². The SMILES string of the molecule is CCOC(=O)COc1ccc(C=Nn2c(-c3cccc(C(F)(F)F)c3)nc3ccccc3c2=O)cc1[N+](=O)[O-]. The number of aromatic nitrogens is 2. The first-order valence-corrected chi connectivity index (χ1v) is 11.4. The third kappa shape index (κ3) is 6.09. The molecule has 0 aliphatic rings. The quantitative estimate of drug-likeness (QED) is 0.136. The van der Waals surface area contributed by atoms with Gasteiger partial charge in [-0.25, -0.2) is 9.78 Å². The van der Waals surface area contributed by atoms with Crippen molar-refractivity contribution in [3.8, 4) is 17.1 Å². The molecule has 0 fully saturated rings. The zero-order valence-electron chi connectivity index (χ0n) is 20.2. The molecule has 39 heavy (non-hydrogen) atoms. The number of para-hydroxylation sites is 1. The van der Waals surface area contributed by atoms with Gasteiger partial charge < -0.3 is 9.47 Å². The number of benzene rings is 3. The molecular weight excluding hydrogens is 521 g/mol. The first-order valence-electron chi connectivity index (χ1n) is 11.4. The van der Waals surface area contributed by atoms with Crippen molar-refractivity contribution in [3.05, 3.63) is 98.3 Å². The van der Waals surface area contributed by atoms with Crippen LogP contribution in [0.15, 0.2) is 76.6 Å². The molecule has 0 atom stereocenters. The molecule has 0 amide bonds. The fraction of sp³-hybridized carbons (Fsp3) is 0.154. The smallest absolute Gasteiger partial charge is 0.416 e. The van der Waals surface area contributed by atoms with Gasteiger partial charge in [-0.3, -0.25) is 14.9 Å². The Morgan fingerprint density at radius 1 is 1.13 bits per heavy atom. The number of hydrogen-bond acceptors (Lipinski definition) is 8. The highest BCUT2D eigenvalue weighted by atomic mass is 19.4. The van der Waals surface area contributed by atoms with Gasteiger partial charge in [0.2, 0.25) is 0 Å². The van der Waals surface area contributed by atoms with E-state index in [0.29, 0.717) is 0 Å². The van der Waals surface area contributed by atoms with Crippen molar-refractivity contribution in [1.29, 1.82) is 0 Å². The summed E-state index contributed by atoms with van der Waals surface area (Å²) < 4.78 is 50.8. The third-order valence-corrected chi connectivity index (χ3v) is 5.35. The van der Waals surface area contributed by atoms with E-state index >= 15 is 0 Å². The summed E-state index contributed by atoms with van der Waals surface area (Å²) in [7, 11) is 0. The Balaban J connectivity index is 1.78. The van der Waals surface area contributed by atoms with E-state index in [-0.39, 0.29) is 40.2 Å². The molecule has 0 saturated carbocycles. The first-order chi connectivity index (χ1) is 18.6. The molecule has 0 aliphatic carbocycles. The van der Waals surface area contributed by atoms with Crippen LogP contribution in [0.1, 0.15) is 18.1 Å². The van der Waals surface area contributed by atoms with Gasteiger partial charge in [-0.2, -0.15) is 22.9 Å². The number of carbonyl (C=O) groups excluding carboxylic acids is 1. The summed E-state index contributed by atoms with van der Waals surface area (Å²) in [6, 6.07) is 14.3. The number of ether oxygens (including phenoxy) is 2. The maximum atomic E-state index is 13.3. The van der Waals surface area contributed by atoms with Gasteiger partial charge >= 0.3 is 17.8 Å². The molecule has 0 spiro atoms. The van der Waals surface area contributed by atoms with Gasteiger partial charge in [-0.15, -0.1) is 0 Å². The lowest BCUT2D eigenvalue weighted by atomic mass is 10.1. The monoisotopic (exact) mass is 540 g/mol. The van der Waals surface area contributed by atoms with Crippen LogP contribution in [-0.2, 0) is 15.7 Å². The molecule has 200 valence electrons. The predicted octanol–water partition coefficient (Wildman–Crippen LogP) is 4.81. The molecule has 1 heterocycles. The van der Waals surface area contributed by atoms with Gasteiger partial charge in [-0.1, -0.05) is 24.3 Å². The number of rotatable bonds is 8. The summed E-state index contributed by atoms with van der Waals surface area (Å²) in [6.45, 7) is 1.18. The second-order valence-electron chi connectivity index (χ2n) is 7.97. The second kappa shape index (κ2) is 11.1. The summed E-state index contributed by atoms with van der Waals surface area (Å²) in [5.74, 6) is -1.06. The number of carbonyl (C=O) groups is 1. The van der Waals surface area contributed by atoms with Crippen LogP contribution in [0.3, 0.4) is 0 Å². The molecule has 0 bridgehead atoms. The number of nitro groups is 1. The van der Waals surface area contributed by atoms with Crippen molar-refractivity contribution >= 4 is 28.8 Å². The molecule has 10 nitrogen and oxygen atoms in total. The standard InChI is InChI=1S/C26H19F3N4O6/c1-2-38-23(34)15-39-22-11-10-16(12-21(22)33(36)37)14-30-32-24(17-6-5-7-18(13-17)26(27,28)29)31-20-9-4-3-8-19(20)25(32)35/h3-14H,2,15H2,1H3. The van der Waals surface area contributed by atoms with Crippen molar-refractivity contribution < 1.29 is 32.4 Å². The molecule has 3 aromatic carbocycles. The van der Waals surface area contributed by atoms with Gasteiger partial charge in [0.25, 0.3) is 5.56 Å². The number of alkyl halides is 3. The summed E-state index contributed by atoms with van der Waals surface area (Å²) in [5.41, 5.74) is -1.68. The van der Waals surface area contributed by atoms with Gasteiger partial charge in [0.1, 0.15) is 0 Å². The lowest BCUT2D eigenvalue weighted by molar-refractivity contribution is -0.385. The summed E-state index contributed by atoms with van der Waals surface area (Å²) in [5, 5.41) is 15.9. The zero-order valence-corrected chi connectivity index (χ0v) is 20.2. The number of esters is 1. The van der Waals surface area contributed by atoms with Crippen LogP contribution in [0.5, 0.6) is 5.75 Å². The number of halogens is 3. The average Bonchev–Trinajstić information content (AvgIpc) is 2.91. The zero-order chi connectivity index (χ0) is 28.2. The second-order valence-corrected chi connectivity index (χ2v) is 7.97. The minimum absolute atomic E-state index is 0.0153. The van der Waals surface area contributed by atoms with Crippen molar-refractivity contribution in [1.82, 2.24) is 9.66 Å². The van der Waals surface area contributed by atoms with E-state index in [1.807, 2.05) is 0 Å². The summed E-state index contributed by atoms with van der Waals surface area (Å²) >= 11 is 0. The Morgan fingerprint density at radius 2 is 1.90 bits per heavy atom. The topological polar surface area (TPSA) is 126 Å². The van der Waals surface area contributed by atoms with Gasteiger partial charge in [0.05, 0.1) is 34.2 Å². The molecule has 4 rings (SSSR count). The highest BCUT2D eigenvalue weighted by Crippen LogP contribution is 2.32. The number of fused-ring (bicyclic) bond motifs is 1. The molecule has 13 heteroatoms. The van der Waals surface area contributed by atoms with Crippen molar-refractivity contribution in [2.45, 2.75) is 13.1 Å². The molecule has 0 radical (unpaired) electrons. The molecular formula is C26H19F3N4O6. The average molecular weight is 540 g/mol. The Kier molecular flexibility index (Phi) is 7.70.